The van der Waals surface area contributed by atoms with Gasteiger partial charge >= 0.3 is 0 Å². The van der Waals surface area contributed by atoms with E-state index in [1.165, 1.54) is 6.42 Å². The van der Waals surface area contributed by atoms with Crippen molar-refractivity contribution in [3.05, 3.63) is 71.8 Å². The largest absolute Gasteiger partial charge is 0.496 e. The van der Waals surface area contributed by atoms with E-state index in [-0.39, 0.29) is 17.7 Å². The maximum absolute atomic E-state index is 12.4. The van der Waals surface area contributed by atoms with Crippen LogP contribution in [-0.2, 0) is 4.79 Å². The van der Waals surface area contributed by atoms with E-state index in [1.54, 1.807) is 37.6 Å². The lowest BCUT2D eigenvalue weighted by Crippen LogP contribution is -2.24. The fourth-order valence-electron chi connectivity index (χ4n) is 4.12. The SMILES string of the molecule is COc1ccc(/C=N/NC(=O)c2ccc(NC(=O)C3CCCCC3)cc2)c2ccccc12. The molecule has 2 amide bonds. The van der Waals surface area contributed by atoms with Crippen LogP contribution in [0.2, 0.25) is 0 Å². The number of anilines is 1. The molecule has 6 nitrogen and oxygen atoms in total. The van der Waals surface area contributed by atoms with Gasteiger partial charge in [0.25, 0.3) is 5.91 Å². The molecule has 0 spiro atoms. The highest BCUT2D eigenvalue weighted by molar-refractivity contribution is 6.03. The van der Waals surface area contributed by atoms with Crippen molar-refractivity contribution in [1.29, 1.82) is 0 Å². The Morgan fingerprint density at radius 3 is 2.38 bits per heavy atom. The normalized spacial score (nSPS) is 14.4. The van der Waals surface area contributed by atoms with E-state index in [4.69, 9.17) is 4.74 Å². The van der Waals surface area contributed by atoms with Gasteiger partial charge in [-0.25, -0.2) is 5.43 Å². The van der Waals surface area contributed by atoms with E-state index in [0.29, 0.717) is 11.3 Å². The second-order valence-corrected chi connectivity index (χ2v) is 8.00. The number of rotatable bonds is 6. The fourth-order valence-corrected chi connectivity index (χ4v) is 4.12. The lowest BCUT2D eigenvalue weighted by atomic mass is 9.88. The van der Waals surface area contributed by atoms with Gasteiger partial charge in [-0.15, -0.1) is 0 Å². The summed E-state index contributed by atoms with van der Waals surface area (Å²) in [5, 5.41) is 9.05. The minimum Gasteiger partial charge on any atom is -0.496 e. The lowest BCUT2D eigenvalue weighted by molar-refractivity contribution is -0.120. The van der Waals surface area contributed by atoms with Crippen molar-refractivity contribution in [1.82, 2.24) is 5.43 Å². The zero-order valence-corrected chi connectivity index (χ0v) is 18.1. The van der Waals surface area contributed by atoms with Gasteiger partial charge in [-0.2, -0.15) is 5.10 Å². The number of fused-ring (bicyclic) bond motifs is 1. The predicted molar refractivity (Wildman–Crippen MR) is 127 cm³/mol. The highest BCUT2D eigenvalue weighted by Crippen LogP contribution is 2.27. The van der Waals surface area contributed by atoms with E-state index >= 15 is 0 Å². The zero-order chi connectivity index (χ0) is 22.3. The van der Waals surface area contributed by atoms with Gasteiger partial charge in [0.1, 0.15) is 5.75 Å². The summed E-state index contributed by atoms with van der Waals surface area (Å²) >= 11 is 0. The molecule has 6 heteroatoms. The molecule has 0 aliphatic heterocycles. The van der Waals surface area contributed by atoms with E-state index in [9.17, 15) is 9.59 Å². The van der Waals surface area contributed by atoms with E-state index in [2.05, 4.69) is 15.8 Å². The van der Waals surface area contributed by atoms with Crippen LogP contribution in [0.3, 0.4) is 0 Å². The number of carbonyl (C=O) groups is 2. The number of hydrazone groups is 1. The van der Waals surface area contributed by atoms with Crippen molar-refractivity contribution in [2.75, 3.05) is 12.4 Å². The first kappa shape index (κ1) is 21.6. The van der Waals surface area contributed by atoms with Crippen LogP contribution in [0.5, 0.6) is 5.75 Å². The Morgan fingerprint density at radius 1 is 0.938 bits per heavy atom. The van der Waals surface area contributed by atoms with Crippen LogP contribution in [0.1, 0.15) is 48.0 Å². The second kappa shape index (κ2) is 10.1. The van der Waals surface area contributed by atoms with Crippen molar-refractivity contribution in [2.45, 2.75) is 32.1 Å². The van der Waals surface area contributed by atoms with Crippen LogP contribution in [0.15, 0.2) is 65.8 Å². The van der Waals surface area contributed by atoms with Crippen LogP contribution in [-0.4, -0.2) is 25.1 Å². The number of hydrogen-bond acceptors (Lipinski definition) is 4. The summed E-state index contributed by atoms with van der Waals surface area (Å²) in [6, 6.07) is 18.5. The number of nitrogens with one attached hydrogen (secondary N) is 2. The molecule has 0 aromatic heterocycles. The molecule has 3 aromatic carbocycles. The average molecular weight is 430 g/mol. The fraction of sp³-hybridized carbons (Fsp3) is 0.269. The number of ether oxygens (including phenoxy) is 1. The molecule has 0 bridgehead atoms. The lowest BCUT2D eigenvalue weighted by Gasteiger charge is -2.20. The molecule has 0 saturated heterocycles. The zero-order valence-electron chi connectivity index (χ0n) is 18.1. The van der Waals surface area contributed by atoms with Crippen molar-refractivity contribution in [3.63, 3.8) is 0 Å². The molecule has 1 saturated carbocycles. The Labute approximate surface area is 187 Å². The summed E-state index contributed by atoms with van der Waals surface area (Å²) in [7, 11) is 1.64. The molecule has 2 N–H and O–H groups in total. The van der Waals surface area contributed by atoms with Crippen molar-refractivity contribution in [3.8, 4) is 5.75 Å². The Morgan fingerprint density at radius 2 is 1.66 bits per heavy atom. The van der Waals surface area contributed by atoms with Gasteiger partial charge in [0, 0.05) is 28.1 Å². The first-order valence-electron chi connectivity index (χ1n) is 11.0. The molecular formula is C26H27N3O3. The maximum Gasteiger partial charge on any atom is 0.271 e. The van der Waals surface area contributed by atoms with Gasteiger partial charge in [-0.05, 0) is 54.6 Å². The van der Waals surface area contributed by atoms with Gasteiger partial charge < -0.3 is 10.1 Å². The van der Waals surface area contributed by atoms with Gasteiger partial charge in [-0.3, -0.25) is 9.59 Å². The number of amides is 2. The first-order valence-corrected chi connectivity index (χ1v) is 11.0. The third-order valence-electron chi connectivity index (χ3n) is 5.90. The Bertz CT molecular complexity index is 1130. The maximum atomic E-state index is 12.4. The summed E-state index contributed by atoms with van der Waals surface area (Å²) in [6.45, 7) is 0. The molecule has 0 heterocycles. The minimum atomic E-state index is -0.316. The van der Waals surface area contributed by atoms with Crippen LogP contribution in [0, 0.1) is 5.92 Å². The number of benzene rings is 3. The third kappa shape index (κ3) is 4.97. The van der Waals surface area contributed by atoms with Gasteiger partial charge in [0.2, 0.25) is 5.91 Å². The summed E-state index contributed by atoms with van der Waals surface area (Å²) in [5.74, 6) is 0.634. The standard InChI is InChI=1S/C26H27N3O3/c1-32-24-16-13-20(22-9-5-6-10-23(22)24)17-27-29-26(31)19-11-14-21(15-12-19)28-25(30)18-7-3-2-4-8-18/h5-6,9-18H,2-4,7-8H2,1H3,(H,28,30)(H,29,31)/b27-17+. The van der Waals surface area contributed by atoms with E-state index in [0.717, 1.165) is 47.8 Å². The number of carbonyl (C=O) groups excluding carboxylic acids is 2. The molecule has 164 valence electrons. The van der Waals surface area contributed by atoms with Gasteiger partial charge in [0.15, 0.2) is 0 Å². The van der Waals surface area contributed by atoms with Crippen LogP contribution in [0.25, 0.3) is 10.8 Å². The van der Waals surface area contributed by atoms with Gasteiger partial charge in [-0.1, -0.05) is 43.5 Å². The molecule has 1 aliphatic carbocycles. The first-order chi connectivity index (χ1) is 15.7. The summed E-state index contributed by atoms with van der Waals surface area (Å²) < 4.78 is 5.41. The van der Waals surface area contributed by atoms with E-state index < -0.39 is 0 Å². The molecular weight excluding hydrogens is 402 g/mol. The van der Waals surface area contributed by atoms with Crippen LogP contribution < -0.4 is 15.5 Å². The Hall–Kier alpha value is -3.67. The number of methoxy groups -OCH3 is 1. The number of nitrogens with zero attached hydrogens (tertiary/aromatic N) is 1. The molecule has 32 heavy (non-hydrogen) atoms. The molecule has 0 radical (unpaired) electrons. The smallest absolute Gasteiger partial charge is 0.271 e. The van der Waals surface area contributed by atoms with E-state index in [1.807, 2.05) is 36.4 Å². The predicted octanol–water partition coefficient (Wildman–Crippen LogP) is 5.13. The Balaban J connectivity index is 1.38. The van der Waals surface area contributed by atoms with Crippen molar-refractivity contribution in [2.24, 2.45) is 11.0 Å². The quantitative estimate of drug-likeness (QED) is 0.421. The highest BCUT2D eigenvalue weighted by Gasteiger charge is 2.21. The highest BCUT2D eigenvalue weighted by atomic mass is 16.5. The number of hydrogen-bond donors (Lipinski definition) is 2. The summed E-state index contributed by atoms with van der Waals surface area (Å²) in [5.41, 5.74) is 4.61. The molecule has 4 rings (SSSR count). The van der Waals surface area contributed by atoms with Crippen LogP contribution in [0.4, 0.5) is 5.69 Å². The summed E-state index contributed by atoms with van der Waals surface area (Å²) in [4.78, 5) is 24.8. The minimum absolute atomic E-state index is 0.0678. The topological polar surface area (TPSA) is 79.8 Å². The molecule has 0 unspecified atom stereocenters. The monoisotopic (exact) mass is 429 g/mol. The third-order valence-corrected chi connectivity index (χ3v) is 5.90. The molecule has 0 atom stereocenters. The summed E-state index contributed by atoms with van der Waals surface area (Å²) in [6.07, 6.45) is 6.97. The van der Waals surface area contributed by atoms with Gasteiger partial charge in [0.05, 0.1) is 13.3 Å². The molecule has 1 aliphatic rings. The van der Waals surface area contributed by atoms with Crippen molar-refractivity contribution < 1.29 is 14.3 Å². The molecule has 3 aromatic rings. The van der Waals surface area contributed by atoms with Crippen LogP contribution >= 0.6 is 0 Å². The molecule has 1 fully saturated rings. The second-order valence-electron chi connectivity index (χ2n) is 8.00. The Kier molecular flexibility index (Phi) is 6.80. The van der Waals surface area contributed by atoms with Crippen molar-refractivity contribution >= 4 is 34.5 Å². The average Bonchev–Trinajstić information content (AvgIpc) is 2.85.